The van der Waals surface area contributed by atoms with Gasteiger partial charge < -0.3 is 25.8 Å². The van der Waals surface area contributed by atoms with Crippen LogP contribution in [0.4, 0.5) is 16.2 Å². The Morgan fingerprint density at radius 1 is 0.939 bits per heavy atom. The van der Waals surface area contributed by atoms with Crippen LogP contribution < -0.4 is 20.7 Å². The molecule has 4 N–H and O–H groups in total. The van der Waals surface area contributed by atoms with Crippen LogP contribution in [-0.4, -0.2) is 34.2 Å². The number of carboxylic acid groups (broad SMARTS) is 1. The zero-order valence-electron chi connectivity index (χ0n) is 18.2. The molecule has 176 valence electrons. The summed E-state index contributed by atoms with van der Waals surface area (Å²) in [5.41, 5.74) is -1.61. The van der Waals surface area contributed by atoms with Gasteiger partial charge in [-0.15, -0.1) is 0 Å². The zero-order chi connectivity index (χ0) is 24.2. The van der Waals surface area contributed by atoms with Crippen molar-refractivity contribution >= 4 is 52.5 Å². The number of carbonyl (C=O) groups excluding carboxylic acids is 2. The molecule has 1 saturated carbocycles. The predicted molar refractivity (Wildman–Crippen MR) is 127 cm³/mol. The number of anilines is 2. The molecule has 2 aromatic carbocycles. The molecule has 1 aliphatic carbocycles. The van der Waals surface area contributed by atoms with E-state index in [0.717, 1.165) is 12.8 Å². The Bertz CT molecular complexity index is 1030. The van der Waals surface area contributed by atoms with Crippen LogP contribution in [0.1, 0.15) is 39.5 Å². The van der Waals surface area contributed by atoms with Crippen molar-refractivity contribution in [3.63, 3.8) is 0 Å². The van der Waals surface area contributed by atoms with Crippen LogP contribution >= 0.6 is 23.2 Å². The molecule has 8 nitrogen and oxygen atoms in total. The summed E-state index contributed by atoms with van der Waals surface area (Å²) < 4.78 is 5.82. The molecule has 0 aliphatic heterocycles. The first-order valence-electron chi connectivity index (χ1n) is 10.4. The van der Waals surface area contributed by atoms with Crippen LogP contribution in [0.25, 0.3) is 0 Å². The van der Waals surface area contributed by atoms with Crippen molar-refractivity contribution in [2.75, 3.05) is 10.6 Å². The molecule has 0 spiro atoms. The number of nitrogens with one attached hydrogen (secondary N) is 3. The fourth-order valence-corrected chi connectivity index (χ4v) is 4.13. The van der Waals surface area contributed by atoms with E-state index in [-0.39, 0.29) is 0 Å². The second-order valence-electron chi connectivity index (χ2n) is 8.42. The number of urea groups is 1. The van der Waals surface area contributed by atoms with Crippen LogP contribution in [0.5, 0.6) is 5.75 Å². The number of ether oxygens (including phenoxy) is 1. The van der Waals surface area contributed by atoms with E-state index in [1.54, 1.807) is 56.3 Å². The number of halogens is 2. The smallest absolute Gasteiger partial charge is 0.329 e. The van der Waals surface area contributed by atoms with Crippen molar-refractivity contribution in [3.05, 3.63) is 52.5 Å². The lowest BCUT2D eigenvalue weighted by molar-refractivity contribution is -0.150. The molecule has 1 aliphatic rings. The molecule has 0 heterocycles. The van der Waals surface area contributed by atoms with Crippen molar-refractivity contribution in [1.82, 2.24) is 5.32 Å². The molecule has 10 heteroatoms. The molecular formula is C23H25Cl2N3O5. The summed E-state index contributed by atoms with van der Waals surface area (Å²) in [5.74, 6) is -1.15. The Balaban J connectivity index is 1.59. The van der Waals surface area contributed by atoms with E-state index in [4.69, 9.17) is 27.9 Å². The van der Waals surface area contributed by atoms with E-state index in [0.29, 0.717) is 40.0 Å². The standard InChI is InChI=1S/C23H25Cl2N3O5/c1-22(2,19(29)28-23(20(30)31)9-3-4-10-23)33-18-7-5-16(6-8-18)26-21(32)27-17-12-14(24)11-15(25)13-17/h5-8,11-13H,3-4,9-10H2,1-2H3,(H,28,29)(H,30,31)(H2,26,27,32). The number of hydrogen-bond donors (Lipinski definition) is 4. The quantitative estimate of drug-likeness (QED) is 0.416. The highest BCUT2D eigenvalue weighted by atomic mass is 35.5. The van der Waals surface area contributed by atoms with Gasteiger partial charge in [0.25, 0.3) is 5.91 Å². The first kappa shape index (κ1) is 24.7. The molecule has 0 saturated heterocycles. The maximum atomic E-state index is 12.8. The Morgan fingerprint density at radius 2 is 1.48 bits per heavy atom. The summed E-state index contributed by atoms with van der Waals surface area (Å²) in [6.07, 6.45) is 2.29. The number of aliphatic carboxylic acids is 1. The minimum absolute atomic E-state index is 0.388. The first-order valence-corrected chi connectivity index (χ1v) is 11.1. The largest absolute Gasteiger partial charge is 0.480 e. The van der Waals surface area contributed by atoms with Crippen molar-refractivity contribution in [2.24, 2.45) is 0 Å². The van der Waals surface area contributed by atoms with Gasteiger partial charge in [-0.25, -0.2) is 9.59 Å². The second-order valence-corrected chi connectivity index (χ2v) is 9.30. The molecule has 3 amide bonds. The summed E-state index contributed by atoms with van der Waals surface area (Å²) >= 11 is 11.9. The molecule has 0 unspecified atom stereocenters. The lowest BCUT2D eigenvalue weighted by atomic mass is 9.96. The van der Waals surface area contributed by atoms with Gasteiger partial charge in [-0.05, 0) is 69.2 Å². The van der Waals surface area contributed by atoms with E-state index in [9.17, 15) is 19.5 Å². The topological polar surface area (TPSA) is 117 Å². The maximum Gasteiger partial charge on any atom is 0.329 e. The predicted octanol–water partition coefficient (Wildman–Crippen LogP) is 5.31. The summed E-state index contributed by atoms with van der Waals surface area (Å²) in [4.78, 5) is 36.7. The highest BCUT2D eigenvalue weighted by Gasteiger charge is 2.45. The van der Waals surface area contributed by atoms with Gasteiger partial charge in [0.15, 0.2) is 5.60 Å². The minimum atomic E-state index is -1.30. The minimum Gasteiger partial charge on any atom is -0.480 e. The summed E-state index contributed by atoms with van der Waals surface area (Å²) in [6.45, 7) is 3.14. The van der Waals surface area contributed by atoms with E-state index >= 15 is 0 Å². The van der Waals surface area contributed by atoms with Crippen LogP contribution in [0.3, 0.4) is 0 Å². The van der Waals surface area contributed by atoms with E-state index in [1.807, 2.05) is 0 Å². The summed E-state index contributed by atoms with van der Waals surface area (Å²) in [6, 6.07) is 10.6. The lowest BCUT2D eigenvalue weighted by Crippen LogP contribution is -2.59. The molecule has 1 fully saturated rings. The molecule has 0 aromatic heterocycles. The second kappa shape index (κ2) is 9.89. The average molecular weight is 494 g/mol. The van der Waals surface area contributed by atoms with Gasteiger partial charge in [-0.1, -0.05) is 36.0 Å². The Morgan fingerprint density at radius 3 is 2.03 bits per heavy atom. The van der Waals surface area contributed by atoms with Crippen LogP contribution in [0.15, 0.2) is 42.5 Å². The number of hydrogen-bond acceptors (Lipinski definition) is 4. The number of benzene rings is 2. The van der Waals surface area contributed by atoms with Gasteiger partial charge in [0.1, 0.15) is 11.3 Å². The average Bonchev–Trinajstić information content (AvgIpc) is 3.18. The fraction of sp³-hybridized carbons (Fsp3) is 0.348. The van der Waals surface area contributed by atoms with E-state index in [1.165, 1.54) is 0 Å². The van der Waals surface area contributed by atoms with E-state index in [2.05, 4.69) is 16.0 Å². The van der Waals surface area contributed by atoms with Gasteiger partial charge >= 0.3 is 12.0 Å². The van der Waals surface area contributed by atoms with Gasteiger partial charge in [-0.3, -0.25) is 4.79 Å². The molecular weight excluding hydrogens is 469 g/mol. The number of amides is 3. The van der Waals surface area contributed by atoms with E-state index < -0.39 is 29.0 Å². The number of rotatable bonds is 7. The molecule has 0 radical (unpaired) electrons. The van der Waals surface area contributed by atoms with Gasteiger partial charge in [0.05, 0.1) is 0 Å². The zero-order valence-corrected chi connectivity index (χ0v) is 19.7. The Kier molecular flexibility index (Phi) is 7.39. The highest BCUT2D eigenvalue weighted by Crippen LogP contribution is 2.31. The third-order valence-electron chi connectivity index (χ3n) is 5.37. The van der Waals surface area contributed by atoms with Crippen molar-refractivity contribution in [1.29, 1.82) is 0 Å². The Hall–Kier alpha value is -2.97. The normalized spacial score (nSPS) is 14.9. The third kappa shape index (κ3) is 6.30. The molecule has 0 atom stereocenters. The number of carbonyl (C=O) groups is 3. The van der Waals surface area contributed by atoms with Crippen LogP contribution in [0, 0.1) is 0 Å². The Labute approximate surface area is 201 Å². The molecule has 0 bridgehead atoms. The van der Waals surface area contributed by atoms with Gasteiger partial charge in [0.2, 0.25) is 0 Å². The van der Waals surface area contributed by atoms with Crippen molar-refractivity contribution < 1.29 is 24.2 Å². The molecule has 33 heavy (non-hydrogen) atoms. The van der Waals surface area contributed by atoms with Crippen LogP contribution in [0.2, 0.25) is 10.0 Å². The van der Waals surface area contributed by atoms with Crippen LogP contribution in [-0.2, 0) is 9.59 Å². The molecule has 2 aromatic rings. The first-order chi connectivity index (χ1) is 15.5. The van der Waals surface area contributed by atoms with Gasteiger partial charge in [0, 0.05) is 21.4 Å². The van der Waals surface area contributed by atoms with Crippen molar-refractivity contribution in [3.8, 4) is 5.75 Å². The lowest BCUT2D eigenvalue weighted by Gasteiger charge is -2.31. The fourth-order valence-electron chi connectivity index (χ4n) is 3.61. The maximum absolute atomic E-state index is 12.8. The summed E-state index contributed by atoms with van der Waals surface area (Å²) in [7, 11) is 0. The SMILES string of the molecule is CC(C)(Oc1ccc(NC(=O)Nc2cc(Cl)cc(Cl)c2)cc1)C(=O)NC1(C(=O)O)CCCC1. The monoisotopic (exact) mass is 493 g/mol. The highest BCUT2D eigenvalue weighted by molar-refractivity contribution is 6.35. The van der Waals surface area contributed by atoms with Crippen molar-refractivity contribution in [2.45, 2.75) is 50.7 Å². The third-order valence-corrected chi connectivity index (χ3v) is 5.81. The molecule has 3 rings (SSSR count). The van der Waals surface area contributed by atoms with Gasteiger partial charge in [-0.2, -0.15) is 0 Å². The number of carboxylic acids is 1. The summed E-state index contributed by atoms with van der Waals surface area (Å²) in [5, 5.41) is 18.4.